The number of likely N-dealkylation sites (N-methyl/N-ethyl adjacent to an activating group) is 1. The van der Waals surface area contributed by atoms with Gasteiger partial charge in [0.15, 0.2) is 0 Å². The summed E-state index contributed by atoms with van der Waals surface area (Å²) in [5, 5.41) is 0. The topological polar surface area (TPSA) is 25.4 Å². The highest BCUT2D eigenvalue weighted by Crippen LogP contribution is 2.04. The lowest BCUT2D eigenvalue weighted by Crippen LogP contribution is -2.19. The summed E-state index contributed by atoms with van der Waals surface area (Å²) in [6.45, 7) is 1.61. The summed E-state index contributed by atoms with van der Waals surface area (Å²) in [4.78, 5) is 5.89. The van der Waals surface area contributed by atoms with E-state index in [1.807, 2.05) is 20.2 Å². The van der Waals surface area contributed by atoms with Gasteiger partial charge >= 0.3 is 0 Å². The van der Waals surface area contributed by atoms with E-state index in [2.05, 4.69) is 16.1 Å². The molecule has 1 aromatic heterocycles. The van der Waals surface area contributed by atoms with Crippen molar-refractivity contribution < 1.29 is 4.74 Å². The predicted molar refractivity (Wildman–Crippen MR) is 47.1 cm³/mol. The van der Waals surface area contributed by atoms with Crippen LogP contribution in [0.4, 0.5) is 0 Å². The average molecular weight is 165 g/mol. The smallest absolute Gasteiger partial charge is 0.137 e. The van der Waals surface area contributed by atoms with Crippen LogP contribution in [0.5, 0.6) is 5.75 Å². The third-order valence-electron chi connectivity index (χ3n) is 1.40. The molecule has 0 aliphatic heterocycles. The van der Waals surface area contributed by atoms with Gasteiger partial charge in [-0.25, -0.2) is 0 Å². The van der Waals surface area contributed by atoms with Crippen LogP contribution < -0.4 is 4.74 Å². The Labute approximate surface area is 73.0 Å². The molecule has 0 N–H and O–H groups in total. The fraction of sp³-hybridized carbons (Fsp3) is 0.444. The molecule has 12 heavy (non-hydrogen) atoms. The van der Waals surface area contributed by atoms with Crippen LogP contribution in [0, 0.1) is 6.20 Å². The van der Waals surface area contributed by atoms with Crippen LogP contribution in [0.3, 0.4) is 0 Å². The van der Waals surface area contributed by atoms with Crippen molar-refractivity contribution in [2.45, 2.75) is 0 Å². The molecule has 65 valence electrons. The Kier molecular flexibility index (Phi) is 3.54. The third kappa shape index (κ3) is 3.34. The highest BCUT2D eigenvalue weighted by molar-refractivity contribution is 5.14. The Morgan fingerprint density at radius 3 is 3.00 bits per heavy atom. The van der Waals surface area contributed by atoms with E-state index in [1.165, 1.54) is 0 Å². The normalized spacial score (nSPS) is 10.2. The maximum absolute atomic E-state index is 5.39. The van der Waals surface area contributed by atoms with Gasteiger partial charge in [0, 0.05) is 6.54 Å². The molecule has 0 fully saturated rings. The number of hydrogen-bond donors (Lipinski definition) is 0. The van der Waals surface area contributed by atoms with Crippen LogP contribution in [-0.2, 0) is 0 Å². The lowest BCUT2D eigenvalue weighted by atomic mass is 10.5. The van der Waals surface area contributed by atoms with Gasteiger partial charge in [0.25, 0.3) is 0 Å². The molecule has 0 atom stereocenters. The van der Waals surface area contributed by atoms with Gasteiger partial charge in [-0.1, -0.05) is 0 Å². The first-order valence-electron chi connectivity index (χ1n) is 3.88. The van der Waals surface area contributed by atoms with Crippen LogP contribution in [0.2, 0.25) is 0 Å². The third-order valence-corrected chi connectivity index (χ3v) is 1.40. The fourth-order valence-electron chi connectivity index (χ4n) is 0.738. The van der Waals surface area contributed by atoms with Gasteiger partial charge in [-0.2, -0.15) is 0 Å². The van der Waals surface area contributed by atoms with Gasteiger partial charge in [-0.3, -0.25) is 4.98 Å². The van der Waals surface area contributed by atoms with Crippen LogP contribution >= 0.6 is 0 Å². The molecule has 1 heterocycles. The molecule has 0 saturated heterocycles. The van der Waals surface area contributed by atoms with Crippen LogP contribution in [0.25, 0.3) is 0 Å². The van der Waals surface area contributed by atoms with Crippen molar-refractivity contribution in [1.29, 1.82) is 0 Å². The monoisotopic (exact) mass is 165 g/mol. The number of rotatable bonds is 4. The van der Waals surface area contributed by atoms with Crippen molar-refractivity contribution in [2.75, 3.05) is 27.2 Å². The molecule has 1 radical (unpaired) electrons. The van der Waals surface area contributed by atoms with E-state index in [0.717, 1.165) is 12.3 Å². The molecular weight excluding hydrogens is 152 g/mol. The second kappa shape index (κ2) is 4.72. The SMILES string of the molecule is CN(C)CCOc1cc[c]nc1. The lowest BCUT2D eigenvalue weighted by Gasteiger charge is -2.10. The predicted octanol–water partition coefficient (Wildman–Crippen LogP) is 0.822. The largest absolute Gasteiger partial charge is 0.491 e. The Morgan fingerprint density at radius 2 is 2.42 bits per heavy atom. The summed E-state index contributed by atoms with van der Waals surface area (Å²) in [5.74, 6) is 0.801. The highest BCUT2D eigenvalue weighted by Gasteiger charge is 1.92. The first-order chi connectivity index (χ1) is 5.79. The second-order valence-corrected chi connectivity index (χ2v) is 2.77. The molecule has 3 heteroatoms. The first kappa shape index (κ1) is 9.00. The zero-order valence-electron chi connectivity index (χ0n) is 7.45. The molecule has 0 saturated carbocycles. The van der Waals surface area contributed by atoms with Crippen LogP contribution in [0.1, 0.15) is 0 Å². The summed E-state index contributed by atoms with van der Waals surface area (Å²) in [7, 11) is 4.03. The first-order valence-corrected chi connectivity index (χ1v) is 3.88. The Hall–Kier alpha value is -1.09. The number of pyridine rings is 1. The van der Waals surface area contributed by atoms with E-state index in [9.17, 15) is 0 Å². The van der Waals surface area contributed by atoms with Gasteiger partial charge in [-0.05, 0) is 26.2 Å². The summed E-state index contributed by atoms with van der Waals surface area (Å²) < 4.78 is 5.39. The fourth-order valence-corrected chi connectivity index (χ4v) is 0.738. The standard InChI is InChI=1S/C9H13N2O/c1-11(2)6-7-12-9-4-3-5-10-8-9/h3-4,8H,6-7H2,1-2H3. The average Bonchev–Trinajstić information content (AvgIpc) is 2.05. The van der Waals surface area contributed by atoms with E-state index in [0.29, 0.717) is 6.61 Å². The van der Waals surface area contributed by atoms with Crippen molar-refractivity contribution in [3.8, 4) is 5.75 Å². The van der Waals surface area contributed by atoms with Gasteiger partial charge in [0.1, 0.15) is 12.4 Å². The molecule has 1 rings (SSSR count). The van der Waals surface area contributed by atoms with Gasteiger partial charge in [0.05, 0.1) is 12.4 Å². The highest BCUT2D eigenvalue weighted by atomic mass is 16.5. The van der Waals surface area contributed by atoms with Gasteiger partial charge in [-0.15, -0.1) is 0 Å². The van der Waals surface area contributed by atoms with E-state index >= 15 is 0 Å². The summed E-state index contributed by atoms with van der Waals surface area (Å²) >= 11 is 0. The Balaban J connectivity index is 2.25. The van der Waals surface area contributed by atoms with Crippen molar-refractivity contribution in [2.24, 2.45) is 0 Å². The van der Waals surface area contributed by atoms with Crippen LogP contribution in [0.15, 0.2) is 18.3 Å². The number of aromatic nitrogens is 1. The van der Waals surface area contributed by atoms with Crippen molar-refractivity contribution in [3.63, 3.8) is 0 Å². The van der Waals surface area contributed by atoms with E-state index in [4.69, 9.17) is 4.74 Å². The number of ether oxygens (including phenoxy) is 1. The Morgan fingerprint density at radius 1 is 1.58 bits per heavy atom. The quantitative estimate of drug-likeness (QED) is 0.660. The molecule has 1 aromatic rings. The van der Waals surface area contributed by atoms with Gasteiger partial charge < -0.3 is 9.64 Å². The molecule has 0 aliphatic rings. The van der Waals surface area contributed by atoms with E-state index in [1.54, 1.807) is 12.3 Å². The molecule has 0 aromatic carbocycles. The second-order valence-electron chi connectivity index (χ2n) is 2.77. The molecular formula is C9H13N2O. The molecule has 0 bridgehead atoms. The van der Waals surface area contributed by atoms with E-state index in [-0.39, 0.29) is 0 Å². The zero-order valence-corrected chi connectivity index (χ0v) is 7.45. The zero-order chi connectivity index (χ0) is 8.81. The maximum atomic E-state index is 5.39. The molecule has 0 spiro atoms. The summed E-state index contributed by atoms with van der Waals surface area (Å²) in [6.07, 6.45) is 4.35. The van der Waals surface area contributed by atoms with Crippen molar-refractivity contribution >= 4 is 0 Å². The summed E-state index contributed by atoms with van der Waals surface area (Å²) in [6, 6.07) is 3.59. The Bertz CT molecular complexity index is 211. The molecule has 3 nitrogen and oxygen atoms in total. The summed E-state index contributed by atoms with van der Waals surface area (Å²) in [5.41, 5.74) is 0. The minimum absolute atomic E-state index is 0.693. The number of hydrogen-bond acceptors (Lipinski definition) is 3. The van der Waals surface area contributed by atoms with Crippen LogP contribution in [-0.4, -0.2) is 37.1 Å². The van der Waals surface area contributed by atoms with Gasteiger partial charge in [0.2, 0.25) is 0 Å². The van der Waals surface area contributed by atoms with Crippen molar-refractivity contribution in [3.05, 3.63) is 24.5 Å². The number of nitrogens with zero attached hydrogens (tertiary/aromatic N) is 2. The van der Waals surface area contributed by atoms with E-state index < -0.39 is 0 Å². The maximum Gasteiger partial charge on any atom is 0.137 e. The molecule has 0 unspecified atom stereocenters. The lowest BCUT2D eigenvalue weighted by molar-refractivity contribution is 0.260. The van der Waals surface area contributed by atoms with Crippen molar-refractivity contribution in [1.82, 2.24) is 9.88 Å². The molecule has 0 aliphatic carbocycles. The minimum atomic E-state index is 0.693. The molecule has 0 amide bonds. The minimum Gasteiger partial charge on any atom is -0.491 e.